The molecular weight excluding hydrogens is 350 g/mol. The number of primary sulfonamides is 1. The molecule has 2 aromatic carbocycles. The quantitative estimate of drug-likeness (QED) is 0.745. The van der Waals surface area contributed by atoms with Crippen LogP contribution in [0.2, 0.25) is 0 Å². The van der Waals surface area contributed by atoms with Crippen LogP contribution in [0.15, 0.2) is 52.3 Å². The minimum absolute atomic E-state index is 0.124. The fourth-order valence-corrected chi connectivity index (χ4v) is 4.91. The van der Waals surface area contributed by atoms with Crippen LogP contribution in [0.4, 0.5) is 5.69 Å². The van der Waals surface area contributed by atoms with E-state index in [4.69, 9.17) is 5.14 Å². The molecule has 0 spiro atoms. The lowest BCUT2D eigenvalue weighted by atomic mass is 10.1. The number of nitrogens with two attached hydrogens (primary N) is 1. The number of anilines is 1. The van der Waals surface area contributed by atoms with E-state index in [0.29, 0.717) is 17.7 Å². The molecule has 4 N–H and O–H groups in total. The summed E-state index contributed by atoms with van der Waals surface area (Å²) in [6, 6.07) is 12.0. The molecule has 0 unspecified atom stereocenters. The van der Waals surface area contributed by atoms with Gasteiger partial charge in [0.15, 0.2) is 0 Å². The maximum Gasteiger partial charge on any atom is 0.244 e. The first-order valence-electron chi connectivity index (χ1n) is 7.17. The van der Waals surface area contributed by atoms with Gasteiger partial charge < -0.3 is 5.32 Å². The van der Waals surface area contributed by atoms with E-state index < -0.39 is 26.2 Å². The van der Waals surface area contributed by atoms with Gasteiger partial charge in [-0.25, -0.2) is 22.0 Å². The average molecular weight is 367 g/mol. The lowest BCUT2D eigenvalue weighted by Crippen LogP contribution is -2.46. The normalized spacial score (nSPS) is 19.3. The minimum atomic E-state index is -4.00. The number of hydrogen-bond donors (Lipinski definition) is 3. The van der Waals surface area contributed by atoms with E-state index in [-0.39, 0.29) is 9.79 Å². The second-order valence-corrected chi connectivity index (χ2v) is 8.88. The Morgan fingerprint density at radius 1 is 1.17 bits per heavy atom. The van der Waals surface area contributed by atoms with Crippen molar-refractivity contribution in [1.29, 1.82) is 0 Å². The standard InChI is InChI=1S/C15H17N3O4S2/c1-10-7-12-14(9-13(10)23(16,19)20)24(21,22)18-15(17-12)8-11-5-3-2-4-6-11/h2-7,9,15,17-18H,8H2,1H3,(H2,16,19,20)/t15-/m0/s1. The molecule has 0 bridgehead atoms. The molecular formula is C15H17N3O4S2. The highest BCUT2D eigenvalue weighted by atomic mass is 32.2. The van der Waals surface area contributed by atoms with E-state index in [1.165, 1.54) is 6.07 Å². The second kappa shape index (κ2) is 5.85. The van der Waals surface area contributed by atoms with Gasteiger partial charge in [-0.15, -0.1) is 0 Å². The Hall–Kier alpha value is -1.94. The fraction of sp³-hybridized carbons (Fsp3) is 0.200. The summed E-state index contributed by atoms with van der Waals surface area (Å²) in [6.07, 6.45) is -0.0696. The molecule has 0 radical (unpaired) electrons. The van der Waals surface area contributed by atoms with Gasteiger partial charge in [0.05, 0.1) is 16.7 Å². The molecule has 0 aromatic heterocycles. The van der Waals surface area contributed by atoms with Crippen LogP contribution in [-0.2, 0) is 26.5 Å². The van der Waals surface area contributed by atoms with Gasteiger partial charge in [-0.1, -0.05) is 30.3 Å². The van der Waals surface area contributed by atoms with Crippen molar-refractivity contribution in [3.63, 3.8) is 0 Å². The molecule has 9 heteroatoms. The lowest BCUT2D eigenvalue weighted by molar-refractivity contribution is 0.554. The third kappa shape index (κ3) is 3.29. The van der Waals surface area contributed by atoms with Gasteiger partial charge in [-0.05, 0) is 30.2 Å². The summed E-state index contributed by atoms with van der Waals surface area (Å²) in [5.41, 5.74) is 1.72. The van der Waals surface area contributed by atoms with E-state index in [1.54, 1.807) is 6.92 Å². The zero-order valence-electron chi connectivity index (χ0n) is 12.9. The summed E-state index contributed by atoms with van der Waals surface area (Å²) in [5.74, 6) is 0. The summed E-state index contributed by atoms with van der Waals surface area (Å²) in [6.45, 7) is 1.57. The van der Waals surface area contributed by atoms with Gasteiger partial charge in [0, 0.05) is 6.42 Å². The van der Waals surface area contributed by atoms with Crippen molar-refractivity contribution in [2.75, 3.05) is 5.32 Å². The highest BCUT2D eigenvalue weighted by Gasteiger charge is 2.31. The van der Waals surface area contributed by atoms with Crippen LogP contribution >= 0.6 is 0 Å². The minimum Gasteiger partial charge on any atom is -0.368 e. The Labute approximate surface area is 141 Å². The third-order valence-electron chi connectivity index (χ3n) is 3.78. The zero-order valence-corrected chi connectivity index (χ0v) is 14.5. The number of sulfonamides is 2. The van der Waals surface area contributed by atoms with Gasteiger partial charge in [0.1, 0.15) is 4.90 Å². The third-order valence-corrected chi connectivity index (χ3v) is 6.35. The number of aryl methyl sites for hydroxylation is 1. The Morgan fingerprint density at radius 3 is 2.46 bits per heavy atom. The number of nitrogens with one attached hydrogen (secondary N) is 2. The number of benzene rings is 2. The Morgan fingerprint density at radius 2 is 1.83 bits per heavy atom. The molecule has 0 saturated heterocycles. The molecule has 1 aliphatic heterocycles. The van der Waals surface area contributed by atoms with E-state index in [9.17, 15) is 16.8 Å². The zero-order chi connectivity index (χ0) is 17.5. The van der Waals surface area contributed by atoms with Crippen molar-refractivity contribution >= 4 is 25.7 Å². The Balaban J connectivity index is 2.01. The van der Waals surface area contributed by atoms with E-state index >= 15 is 0 Å². The van der Waals surface area contributed by atoms with E-state index in [2.05, 4.69) is 10.0 Å². The van der Waals surface area contributed by atoms with Crippen LogP contribution in [0, 0.1) is 6.92 Å². The molecule has 2 aromatic rings. The molecule has 0 amide bonds. The van der Waals surface area contributed by atoms with Crippen molar-refractivity contribution < 1.29 is 16.8 Å². The monoisotopic (exact) mass is 367 g/mol. The Kier molecular flexibility index (Phi) is 4.12. The molecule has 7 nitrogen and oxygen atoms in total. The van der Waals surface area contributed by atoms with Gasteiger partial charge in [-0.3, -0.25) is 0 Å². The number of hydrogen-bond acceptors (Lipinski definition) is 5. The molecule has 128 valence electrons. The maximum atomic E-state index is 12.5. The first kappa shape index (κ1) is 16.9. The average Bonchev–Trinajstić information content (AvgIpc) is 2.45. The lowest BCUT2D eigenvalue weighted by Gasteiger charge is -2.29. The topological polar surface area (TPSA) is 118 Å². The summed E-state index contributed by atoms with van der Waals surface area (Å²) < 4.78 is 50.7. The van der Waals surface area contributed by atoms with Gasteiger partial charge in [0.2, 0.25) is 20.0 Å². The van der Waals surface area contributed by atoms with Crippen LogP contribution in [0.5, 0.6) is 0 Å². The summed E-state index contributed by atoms with van der Waals surface area (Å²) >= 11 is 0. The summed E-state index contributed by atoms with van der Waals surface area (Å²) in [4.78, 5) is -0.323. The second-order valence-electron chi connectivity index (χ2n) is 5.67. The molecule has 3 rings (SSSR count). The van der Waals surface area contributed by atoms with E-state index in [1.807, 2.05) is 30.3 Å². The summed E-state index contributed by atoms with van der Waals surface area (Å²) in [5, 5.41) is 8.24. The van der Waals surface area contributed by atoms with Crippen LogP contribution in [-0.4, -0.2) is 23.0 Å². The Bertz CT molecular complexity index is 987. The van der Waals surface area contributed by atoms with Crippen LogP contribution in [0.25, 0.3) is 0 Å². The molecule has 24 heavy (non-hydrogen) atoms. The number of rotatable bonds is 3. The molecule has 1 heterocycles. The molecule has 1 aliphatic rings. The van der Waals surface area contributed by atoms with Gasteiger partial charge in [0.25, 0.3) is 0 Å². The van der Waals surface area contributed by atoms with Crippen LogP contribution in [0.1, 0.15) is 11.1 Å². The molecule has 1 atom stereocenters. The fourth-order valence-electron chi connectivity index (χ4n) is 2.72. The first-order valence-corrected chi connectivity index (χ1v) is 10.2. The number of fused-ring (bicyclic) bond motifs is 1. The van der Waals surface area contributed by atoms with Crippen molar-refractivity contribution in [3.05, 3.63) is 53.6 Å². The van der Waals surface area contributed by atoms with Gasteiger partial charge in [-0.2, -0.15) is 4.72 Å². The highest BCUT2D eigenvalue weighted by molar-refractivity contribution is 7.90. The van der Waals surface area contributed by atoms with Crippen molar-refractivity contribution in [3.8, 4) is 0 Å². The van der Waals surface area contributed by atoms with Gasteiger partial charge >= 0.3 is 0 Å². The smallest absolute Gasteiger partial charge is 0.244 e. The molecule has 0 fully saturated rings. The first-order chi connectivity index (χ1) is 11.2. The van der Waals surface area contributed by atoms with Crippen LogP contribution in [0.3, 0.4) is 0 Å². The van der Waals surface area contributed by atoms with Crippen molar-refractivity contribution in [2.24, 2.45) is 5.14 Å². The predicted octanol–water partition coefficient (Wildman–Crippen LogP) is 0.915. The van der Waals surface area contributed by atoms with E-state index in [0.717, 1.165) is 11.6 Å². The SMILES string of the molecule is Cc1cc2c(cc1S(N)(=O)=O)S(=O)(=O)N[C@@H](Cc1ccccc1)N2. The largest absolute Gasteiger partial charge is 0.368 e. The predicted molar refractivity (Wildman–Crippen MR) is 90.4 cm³/mol. The van der Waals surface area contributed by atoms with Crippen molar-refractivity contribution in [1.82, 2.24) is 4.72 Å². The summed E-state index contributed by atoms with van der Waals surface area (Å²) in [7, 11) is -7.84. The van der Waals surface area contributed by atoms with Crippen LogP contribution < -0.4 is 15.2 Å². The highest BCUT2D eigenvalue weighted by Crippen LogP contribution is 2.31. The van der Waals surface area contributed by atoms with Crippen molar-refractivity contribution in [2.45, 2.75) is 29.3 Å². The maximum absolute atomic E-state index is 12.5. The molecule has 0 saturated carbocycles. The molecule has 0 aliphatic carbocycles.